The van der Waals surface area contributed by atoms with Crippen molar-refractivity contribution in [3.63, 3.8) is 0 Å². The quantitative estimate of drug-likeness (QED) is 0.0365. The number of carbonyl (C=O) groups is 6. The van der Waals surface area contributed by atoms with E-state index in [4.69, 9.17) is 72.3 Å². The van der Waals surface area contributed by atoms with E-state index in [2.05, 4.69) is 37.1 Å². The number of ketones is 2. The van der Waals surface area contributed by atoms with Crippen molar-refractivity contribution >= 4 is 64.0 Å². The Labute approximate surface area is 731 Å². The molecule has 6 aliphatic rings. The number of oxime groups is 2. The number of esters is 2. The van der Waals surface area contributed by atoms with E-state index in [1.54, 1.807) is 92.6 Å². The van der Waals surface area contributed by atoms with Crippen LogP contribution in [0.25, 0.3) is 0 Å². The molecule has 696 valence electrons. The molecule has 2 aromatic rings. The summed E-state index contributed by atoms with van der Waals surface area (Å²) in [4.78, 5) is 111. The maximum Gasteiger partial charge on any atom is 0.351 e. The first-order valence-corrected chi connectivity index (χ1v) is 43.1. The second kappa shape index (κ2) is 43.4. The smallest absolute Gasteiger partial charge is 0.351 e. The maximum absolute atomic E-state index is 17.0. The molecule has 32 nitrogen and oxygen atoms in total. The monoisotopic (exact) mass is 1750 g/mol. The van der Waals surface area contributed by atoms with Crippen LogP contribution >= 0.6 is 0 Å². The first-order chi connectivity index (χ1) is 57.5. The number of hydrogen-bond donors (Lipinski definition) is 5. The second-order valence-electron chi connectivity index (χ2n) is 37.6. The van der Waals surface area contributed by atoms with E-state index in [1.807, 2.05) is 112 Å². The number of fused-ring (bicyclic) bond motifs is 10. The van der Waals surface area contributed by atoms with Crippen LogP contribution in [-0.4, -0.2) is 292 Å². The van der Waals surface area contributed by atoms with Gasteiger partial charge in [0, 0.05) is 48.9 Å². The molecule has 8 rings (SSSR count). The number of pyridine rings is 1. The number of nitrogens with zero attached hydrogens (tertiary/aromatic N) is 7. The van der Waals surface area contributed by atoms with Gasteiger partial charge in [-0.25, -0.2) is 24.2 Å². The summed E-state index contributed by atoms with van der Waals surface area (Å²) in [5.74, 6) is -5.66. The van der Waals surface area contributed by atoms with E-state index in [0.717, 1.165) is 12.5 Å². The number of nitrogens with two attached hydrogens (primary N) is 1. The lowest BCUT2D eigenvalue weighted by Crippen LogP contribution is -2.66. The van der Waals surface area contributed by atoms with Gasteiger partial charge in [-0.3, -0.25) is 24.0 Å². The van der Waals surface area contributed by atoms with Crippen LogP contribution in [0.2, 0.25) is 0 Å². The highest BCUT2D eigenvalue weighted by Gasteiger charge is 2.60. The number of alkyl halides is 1. The topological polar surface area (TPSA) is 407 Å². The first kappa shape index (κ1) is 104. The number of aliphatic hydroxyl groups excluding tert-OH is 2. The number of Topliss-reactive ketones (excluding diaryl/α,β-unsaturated/α-hetero) is 2. The Kier molecular flexibility index (Phi) is 36.4. The molecule has 2 amide bonds. The molecule has 4 bridgehead atoms. The Morgan fingerprint density at radius 1 is 0.613 bits per heavy atom. The normalized spacial score (nSPS) is 38.8. The van der Waals surface area contributed by atoms with E-state index in [1.165, 1.54) is 41.5 Å². The predicted molar refractivity (Wildman–Crippen MR) is 461 cm³/mol. The van der Waals surface area contributed by atoms with Crippen molar-refractivity contribution < 1.29 is 120 Å². The summed E-state index contributed by atoms with van der Waals surface area (Å²) < 4.78 is 94.8. The zero-order valence-electron chi connectivity index (χ0n) is 78.0. The minimum atomic E-state index is -3.24. The Bertz CT molecular complexity index is 4140. The van der Waals surface area contributed by atoms with E-state index in [0.29, 0.717) is 22.9 Å². The van der Waals surface area contributed by atoms with Gasteiger partial charge in [0.1, 0.15) is 83.3 Å². The lowest BCUT2D eigenvalue weighted by atomic mass is 9.73. The molecule has 6 fully saturated rings. The van der Waals surface area contributed by atoms with Gasteiger partial charge in [-0.1, -0.05) is 108 Å². The number of ether oxygens (including phenoxy) is 12. The SMILES string of the molecule is CC[C@H]1OC(=O)[C@@](C)(F)C(=O)[C@H](C)[C@@H](O[C@@H]2O[C@H](C)[C@@H](OC(C)(C)C)[C@H](N(C)C)[C@H]2O)[C@@]2(C)C[C@@H](C)C(=NC(C)=O)[C@H](C)[C@@H](OC/C(=N\OCc3ccccc3)CO2)[C@]1(C)O.CC[C@H]1OC(=O)[C@H](C)C(=O)[C@H](C)[C@@H](O[C@@H]2O[C@H](C)[C@@H](OC(C)(C)C)[C@H](N(C)C)[C@H]2O)[C@@]2(C)C[C@@H](C)C(=NC(C)=O)[C@H](C)[C@@H](OC/C(=N\OCC#Cc3cccc(N)n3)CO2)[C@]1(C)O. The molecule has 33 heteroatoms. The fraction of sp³-hybridized carbons (Fsp3) is 0.747. The van der Waals surface area contributed by atoms with Crippen LogP contribution in [0.15, 0.2) is 68.8 Å². The standard InChI is InChI=1S/C46H71N5O12.C45H70FN3O12/c1-15-33-46(12,56)41-26(3)35(48-30(7)52)25(2)22-45(11,58-24-32(23-57-41)50-59-21-17-19-31-18-16-20-34(47)49-31)40(27(4)37(53)28(5)42(55)61-33)62-43-38(54)36(51(13)14)39(29(6)60-43)63-44(8,9)10;1-15-32-45(12,54)39-26(3)33(47-29(6)50)25(2)21-43(10,56-24-31(23-55-39)48-57-22-30-19-17-16-18-20-30)38(27(4)37(52)44(11,46)41(53)59-32)60-40-35(51)34(49(13)14)36(28(5)58-40)61-42(7,8)9/h16,18,20,25-29,33,36,38-41,43,54,56H,15,21-24H2,1-14H3,(H2,47,49);16-20,25-28,32,34-36,38-40,51,54H,15,21-24H2,1-14H3/b48-35?,50-32+;47-33?,48-31+/t25-,26+,27+,28-,29-,33-,36-,38-,39-,40-,41-,43+,45-,46-;25-,26+,27+,28-,32-,34-,35-,36-,38-,39-,40+,43-,44+,45-/m11/s1. The number of cyclic esters (lactones) is 2. The van der Waals surface area contributed by atoms with Gasteiger partial charge >= 0.3 is 11.9 Å². The van der Waals surface area contributed by atoms with Crippen molar-refractivity contribution in [2.75, 3.05) is 67.0 Å². The highest BCUT2D eigenvalue weighted by molar-refractivity contribution is 6.08. The number of hydrogen-bond acceptors (Lipinski definition) is 30. The minimum Gasteiger partial charge on any atom is -0.459 e. The van der Waals surface area contributed by atoms with Crippen LogP contribution in [0, 0.1) is 53.3 Å². The summed E-state index contributed by atoms with van der Waals surface area (Å²) in [5, 5.41) is 57.8. The number of amides is 2. The summed E-state index contributed by atoms with van der Waals surface area (Å²) in [5.41, 5.74) is -3.12. The van der Waals surface area contributed by atoms with Crippen LogP contribution in [0.1, 0.15) is 203 Å². The van der Waals surface area contributed by atoms with Gasteiger partial charge < -0.3 is 102 Å². The van der Waals surface area contributed by atoms with Crippen molar-refractivity contribution in [1.29, 1.82) is 0 Å². The lowest BCUT2D eigenvalue weighted by Gasteiger charge is -2.50. The van der Waals surface area contributed by atoms with E-state index >= 15 is 4.39 Å². The number of anilines is 1. The Hall–Kier alpha value is -7.08. The third-order valence-electron chi connectivity index (χ3n) is 24.0. The Morgan fingerprint density at radius 3 is 1.47 bits per heavy atom. The van der Waals surface area contributed by atoms with E-state index in [-0.39, 0.29) is 76.7 Å². The molecule has 6 aliphatic heterocycles. The number of likely N-dealkylation sites (N-methyl/N-ethyl adjacent to an activating group) is 2. The zero-order valence-corrected chi connectivity index (χ0v) is 78.0. The molecule has 0 spiro atoms. The molecule has 1 aromatic heterocycles. The fourth-order valence-electron chi connectivity index (χ4n) is 18.1. The summed E-state index contributed by atoms with van der Waals surface area (Å²) >= 11 is 0. The highest BCUT2D eigenvalue weighted by atomic mass is 19.1. The minimum absolute atomic E-state index is 0.00398. The molecular weight excluding hydrogens is 1610 g/mol. The number of aliphatic imine (C=N–C) groups is 2. The van der Waals surface area contributed by atoms with Gasteiger partial charge in [0.05, 0.1) is 97.5 Å². The molecule has 0 radical (unpaired) electrons. The number of aliphatic hydroxyl groups is 4. The summed E-state index contributed by atoms with van der Waals surface area (Å²) in [6.45, 7) is 38.9. The van der Waals surface area contributed by atoms with Crippen LogP contribution < -0.4 is 5.73 Å². The number of rotatable bonds is 15. The van der Waals surface area contributed by atoms with Crippen molar-refractivity contribution in [3.8, 4) is 11.8 Å². The van der Waals surface area contributed by atoms with Crippen molar-refractivity contribution in [2.45, 2.75) is 336 Å². The largest absolute Gasteiger partial charge is 0.459 e. The summed E-state index contributed by atoms with van der Waals surface area (Å²) in [6, 6.07) is 13.2. The predicted octanol–water partition coefficient (Wildman–Crippen LogP) is 8.75. The summed E-state index contributed by atoms with van der Waals surface area (Å²) in [6.07, 6.45) is -15.1. The molecular formula is C91H141FN8O24. The summed E-state index contributed by atoms with van der Waals surface area (Å²) in [7, 11) is 7.24. The van der Waals surface area contributed by atoms with Gasteiger partial charge in [-0.05, 0) is 186 Å². The van der Waals surface area contributed by atoms with Gasteiger partial charge in [-0.2, -0.15) is 0 Å². The van der Waals surface area contributed by atoms with Gasteiger partial charge in [0.2, 0.25) is 11.8 Å². The van der Waals surface area contributed by atoms with E-state index < -0.39 is 214 Å². The number of carbonyl (C=O) groups excluding carboxylic acids is 6. The van der Waals surface area contributed by atoms with Crippen LogP contribution in [-0.2, 0) is 102 Å². The molecule has 6 N–H and O–H groups in total. The Morgan fingerprint density at radius 2 is 1.05 bits per heavy atom. The third kappa shape index (κ3) is 26.1. The number of nitrogen functional groups attached to an aromatic ring is 1. The van der Waals surface area contributed by atoms with E-state index in [9.17, 15) is 49.2 Å². The third-order valence-corrected chi connectivity index (χ3v) is 24.0. The van der Waals surface area contributed by atoms with Crippen LogP contribution in [0.3, 0.4) is 0 Å². The highest BCUT2D eigenvalue weighted by Crippen LogP contribution is 2.45. The molecule has 7 heterocycles. The Balaban J connectivity index is 0.000000341. The maximum atomic E-state index is 17.0. The molecule has 0 unspecified atom stereocenters. The zero-order chi connectivity index (χ0) is 93.0. The molecule has 28 atom stereocenters. The molecule has 0 aliphatic carbocycles. The second-order valence-corrected chi connectivity index (χ2v) is 37.6. The molecule has 0 saturated carbocycles. The van der Waals surface area contributed by atoms with Gasteiger partial charge in [0.25, 0.3) is 5.67 Å². The average Bonchev–Trinajstić information content (AvgIpc) is 1.40. The number of benzene rings is 1. The van der Waals surface area contributed by atoms with Crippen LogP contribution in [0.4, 0.5) is 10.2 Å². The van der Waals surface area contributed by atoms with Crippen molar-refractivity contribution in [2.24, 2.45) is 61.7 Å². The van der Waals surface area contributed by atoms with Crippen molar-refractivity contribution in [3.05, 3.63) is 59.8 Å². The lowest BCUT2D eigenvalue weighted by molar-refractivity contribution is -0.324. The first-order valence-electron chi connectivity index (χ1n) is 43.1. The number of aromatic nitrogens is 1. The fourth-order valence-corrected chi connectivity index (χ4v) is 18.1. The van der Waals surface area contributed by atoms with Crippen LogP contribution in [0.5, 0.6) is 0 Å². The molecule has 6 saturated heterocycles. The van der Waals surface area contributed by atoms with Gasteiger partial charge in [0.15, 0.2) is 30.8 Å². The van der Waals surface area contributed by atoms with Gasteiger partial charge in [-0.15, -0.1) is 0 Å². The molecule has 124 heavy (non-hydrogen) atoms. The van der Waals surface area contributed by atoms with Crippen molar-refractivity contribution in [1.82, 2.24) is 14.8 Å². The molecule has 1 aromatic carbocycles. The average molecular weight is 1750 g/mol. The number of halogens is 1.